The van der Waals surface area contributed by atoms with Crippen LogP contribution in [0.1, 0.15) is 29.7 Å². The van der Waals surface area contributed by atoms with Crippen molar-refractivity contribution in [3.8, 4) is 6.07 Å². The number of carbonyl (C=O) groups excluding carboxylic acids is 2. The number of amides is 1. The molecule has 2 aromatic rings. The van der Waals surface area contributed by atoms with E-state index >= 15 is 0 Å². The zero-order chi connectivity index (χ0) is 16.9. The molecular weight excluding hydrogens is 326 g/mol. The predicted molar refractivity (Wildman–Crippen MR) is 88.4 cm³/mol. The molecule has 24 heavy (non-hydrogen) atoms. The summed E-state index contributed by atoms with van der Waals surface area (Å²) < 4.78 is 5.22. The van der Waals surface area contributed by atoms with E-state index in [1.165, 1.54) is 11.3 Å². The molecule has 0 N–H and O–H groups in total. The maximum atomic E-state index is 12.0. The van der Waals surface area contributed by atoms with E-state index in [4.69, 9.17) is 10.00 Å². The lowest BCUT2D eigenvalue weighted by Gasteiger charge is -2.10. The SMILES string of the molecule is N#Cc1ccccc1COC(=O)Cc1csc(N2CCCC2=O)n1. The number of aromatic nitrogens is 1. The topological polar surface area (TPSA) is 83.3 Å². The molecule has 7 heteroatoms. The second kappa shape index (κ2) is 7.23. The number of carbonyl (C=O) groups is 2. The molecule has 1 aliphatic rings. The van der Waals surface area contributed by atoms with Crippen LogP contribution in [0.5, 0.6) is 0 Å². The van der Waals surface area contributed by atoms with E-state index in [1.807, 2.05) is 0 Å². The largest absolute Gasteiger partial charge is 0.460 e. The minimum atomic E-state index is -0.410. The number of esters is 1. The molecule has 1 fully saturated rings. The summed E-state index contributed by atoms with van der Waals surface area (Å²) in [6.45, 7) is 0.741. The average Bonchev–Trinajstić information content (AvgIpc) is 3.21. The van der Waals surface area contributed by atoms with Crippen LogP contribution in [0.15, 0.2) is 29.6 Å². The van der Waals surface area contributed by atoms with E-state index in [0.29, 0.717) is 34.9 Å². The first-order chi connectivity index (χ1) is 11.7. The van der Waals surface area contributed by atoms with E-state index < -0.39 is 5.97 Å². The lowest BCUT2D eigenvalue weighted by Crippen LogP contribution is -2.23. The minimum absolute atomic E-state index is 0.0489. The van der Waals surface area contributed by atoms with E-state index in [2.05, 4.69) is 11.1 Å². The molecule has 0 atom stereocenters. The normalized spacial score (nSPS) is 13.8. The zero-order valence-electron chi connectivity index (χ0n) is 12.9. The summed E-state index contributed by atoms with van der Waals surface area (Å²) in [5, 5.41) is 11.4. The number of hydrogen-bond donors (Lipinski definition) is 0. The van der Waals surface area contributed by atoms with E-state index in [0.717, 1.165) is 6.42 Å². The van der Waals surface area contributed by atoms with Gasteiger partial charge in [0.2, 0.25) is 5.91 Å². The molecule has 1 aromatic heterocycles. The summed E-state index contributed by atoms with van der Waals surface area (Å²) in [6.07, 6.45) is 1.44. The van der Waals surface area contributed by atoms with Gasteiger partial charge in [-0.05, 0) is 12.5 Å². The second-order valence-electron chi connectivity index (χ2n) is 5.38. The molecule has 1 amide bonds. The number of hydrogen-bond acceptors (Lipinski definition) is 6. The highest BCUT2D eigenvalue weighted by Crippen LogP contribution is 2.25. The van der Waals surface area contributed by atoms with Crippen LogP contribution in [0.3, 0.4) is 0 Å². The number of rotatable bonds is 5. The number of ether oxygens (including phenoxy) is 1. The summed E-state index contributed by atoms with van der Waals surface area (Å²) in [7, 11) is 0. The van der Waals surface area contributed by atoms with Crippen molar-refractivity contribution in [3.63, 3.8) is 0 Å². The van der Waals surface area contributed by atoms with E-state index in [9.17, 15) is 9.59 Å². The zero-order valence-corrected chi connectivity index (χ0v) is 13.7. The summed E-state index contributed by atoms with van der Waals surface area (Å²) >= 11 is 1.36. The molecule has 1 saturated heterocycles. The Kier molecular flexibility index (Phi) is 4.87. The molecule has 0 aliphatic carbocycles. The van der Waals surface area contributed by atoms with Gasteiger partial charge in [-0.15, -0.1) is 11.3 Å². The van der Waals surface area contributed by atoms with Crippen molar-refractivity contribution in [3.05, 3.63) is 46.5 Å². The highest BCUT2D eigenvalue weighted by molar-refractivity contribution is 7.14. The van der Waals surface area contributed by atoms with Gasteiger partial charge in [0, 0.05) is 23.9 Å². The summed E-state index contributed by atoms with van der Waals surface area (Å²) in [4.78, 5) is 29.7. The standard InChI is InChI=1S/C17H15N3O3S/c18-9-12-4-1-2-5-13(12)10-23-16(22)8-14-11-24-17(19-14)20-7-3-6-15(20)21/h1-2,4-5,11H,3,6-8,10H2. The molecule has 6 nitrogen and oxygen atoms in total. The van der Waals surface area contributed by atoms with Gasteiger partial charge in [-0.2, -0.15) is 5.26 Å². The Morgan fingerprint density at radius 2 is 2.25 bits per heavy atom. The molecule has 1 aromatic carbocycles. The predicted octanol–water partition coefficient (Wildman–Crippen LogP) is 2.43. The fourth-order valence-electron chi connectivity index (χ4n) is 2.46. The van der Waals surface area contributed by atoms with Gasteiger partial charge in [-0.1, -0.05) is 18.2 Å². The number of anilines is 1. The Morgan fingerprint density at radius 3 is 3.00 bits per heavy atom. The first kappa shape index (κ1) is 16.1. The lowest BCUT2D eigenvalue weighted by atomic mass is 10.1. The summed E-state index contributed by atoms with van der Waals surface area (Å²) in [5.41, 5.74) is 1.76. The molecule has 122 valence electrons. The van der Waals surface area contributed by atoms with Gasteiger partial charge in [-0.3, -0.25) is 14.5 Å². The quantitative estimate of drug-likeness (QED) is 0.780. The van der Waals surface area contributed by atoms with Crippen molar-refractivity contribution in [2.24, 2.45) is 0 Å². The van der Waals surface area contributed by atoms with Crippen molar-refractivity contribution in [2.45, 2.75) is 25.9 Å². The maximum absolute atomic E-state index is 12.0. The van der Waals surface area contributed by atoms with Crippen LogP contribution in [0.2, 0.25) is 0 Å². The molecule has 2 heterocycles. The van der Waals surface area contributed by atoms with Crippen molar-refractivity contribution < 1.29 is 14.3 Å². The first-order valence-corrected chi connectivity index (χ1v) is 8.44. The maximum Gasteiger partial charge on any atom is 0.312 e. The molecular formula is C17H15N3O3S. The van der Waals surface area contributed by atoms with Crippen molar-refractivity contribution in [1.29, 1.82) is 5.26 Å². The third-order valence-corrected chi connectivity index (χ3v) is 4.61. The molecule has 0 saturated carbocycles. The Labute approximate surface area is 143 Å². The van der Waals surface area contributed by atoms with Crippen molar-refractivity contribution in [2.75, 3.05) is 11.4 Å². The molecule has 3 rings (SSSR count). The summed E-state index contributed by atoms with van der Waals surface area (Å²) in [5.74, 6) is -0.334. The number of nitriles is 1. The molecule has 0 bridgehead atoms. The number of benzene rings is 1. The average molecular weight is 341 g/mol. The second-order valence-corrected chi connectivity index (χ2v) is 6.21. The van der Waals surface area contributed by atoms with Crippen LogP contribution in [0.4, 0.5) is 5.13 Å². The third-order valence-electron chi connectivity index (χ3n) is 3.70. The van der Waals surface area contributed by atoms with Crippen LogP contribution < -0.4 is 4.90 Å². The van der Waals surface area contributed by atoms with Crippen LogP contribution in [0.25, 0.3) is 0 Å². The Balaban J connectivity index is 1.57. The van der Waals surface area contributed by atoms with Gasteiger partial charge in [0.1, 0.15) is 6.61 Å². The fourth-order valence-corrected chi connectivity index (χ4v) is 3.33. The van der Waals surface area contributed by atoms with Gasteiger partial charge >= 0.3 is 5.97 Å². The van der Waals surface area contributed by atoms with Gasteiger partial charge in [0.25, 0.3) is 0 Å². The molecule has 0 spiro atoms. The summed E-state index contributed by atoms with van der Waals surface area (Å²) in [6, 6.07) is 9.07. The van der Waals surface area contributed by atoms with Gasteiger partial charge < -0.3 is 4.74 Å². The van der Waals surface area contributed by atoms with Crippen LogP contribution in [-0.2, 0) is 27.4 Å². The van der Waals surface area contributed by atoms with Crippen molar-refractivity contribution in [1.82, 2.24) is 4.98 Å². The molecule has 0 unspecified atom stereocenters. The molecule has 0 radical (unpaired) electrons. The Bertz CT molecular complexity index is 809. The highest BCUT2D eigenvalue weighted by Gasteiger charge is 2.24. The van der Waals surface area contributed by atoms with Gasteiger partial charge in [-0.25, -0.2) is 4.98 Å². The van der Waals surface area contributed by atoms with Gasteiger partial charge in [0.05, 0.1) is 23.7 Å². The van der Waals surface area contributed by atoms with Crippen LogP contribution >= 0.6 is 11.3 Å². The van der Waals surface area contributed by atoms with Gasteiger partial charge in [0.15, 0.2) is 5.13 Å². The van der Waals surface area contributed by atoms with E-state index in [1.54, 1.807) is 34.5 Å². The van der Waals surface area contributed by atoms with E-state index in [-0.39, 0.29) is 18.9 Å². The Hall–Kier alpha value is -2.72. The molecule has 1 aliphatic heterocycles. The highest BCUT2D eigenvalue weighted by atomic mass is 32.1. The smallest absolute Gasteiger partial charge is 0.312 e. The van der Waals surface area contributed by atoms with Crippen LogP contribution in [-0.4, -0.2) is 23.4 Å². The third kappa shape index (κ3) is 3.60. The fraction of sp³-hybridized carbons (Fsp3) is 0.294. The lowest BCUT2D eigenvalue weighted by molar-refractivity contribution is -0.144. The number of nitrogens with zero attached hydrogens (tertiary/aromatic N) is 3. The minimum Gasteiger partial charge on any atom is -0.460 e. The number of thiazole rings is 1. The first-order valence-electron chi connectivity index (χ1n) is 7.56. The Morgan fingerprint density at radius 1 is 1.42 bits per heavy atom. The van der Waals surface area contributed by atoms with Crippen LogP contribution in [0, 0.1) is 11.3 Å². The monoisotopic (exact) mass is 341 g/mol. The van der Waals surface area contributed by atoms with Crippen molar-refractivity contribution >= 4 is 28.3 Å².